The number of aromatic nitrogens is 6. The normalized spacial score (nSPS) is 16.0. The quantitative estimate of drug-likeness (QED) is 0.707. The first-order chi connectivity index (χ1) is 11.7. The molecule has 4 rings (SSSR count). The zero-order chi connectivity index (χ0) is 16.5. The summed E-state index contributed by atoms with van der Waals surface area (Å²) in [5, 5.41) is 12.8. The topological polar surface area (TPSA) is 75.3 Å². The molecule has 24 heavy (non-hydrogen) atoms. The highest BCUT2D eigenvalue weighted by Gasteiger charge is 2.19. The van der Waals surface area contributed by atoms with Gasteiger partial charge in [0.15, 0.2) is 11.5 Å². The highest BCUT2D eigenvalue weighted by atomic mass is 15.4. The lowest BCUT2D eigenvalue weighted by atomic mass is 10.3. The van der Waals surface area contributed by atoms with Gasteiger partial charge in [-0.1, -0.05) is 0 Å². The minimum atomic E-state index is 0.785. The fraction of sp³-hybridized carbons (Fsp3) is 0.438. The molecular weight excluding hydrogens is 304 g/mol. The van der Waals surface area contributed by atoms with Crippen molar-refractivity contribution in [1.82, 2.24) is 34.7 Å². The zero-order valence-corrected chi connectivity index (χ0v) is 13.9. The summed E-state index contributed by atoms with van der Waals surface area (Å²) < 4.78 is 1.80. The second kappa shape index (κ2) is 6.12. The number of rotatable bonds is 3. The first kappa shape index (κ1) is 14.9. The number of aryl methyl sites for hydroxylation is 2. The molecule has 0 radical (unpaired) electrons. The van der Waals surface area contributed by atoms with Gasteiger partial charge in [-0.05, 0) is 26.0 Å². The zero-order valence-electron chi connectivity index (χ0n) is 13.9. The standard InChI is InChI=1S/C16H20N8/c1-12-9-18-14(10-17-12)11-22-5-7-23(8-6-22)16-4-3-15-20-19-13(2)24(15)21-16/h3-4,9-10H,5-8,11H2,1-2H3. The van der Waals surface area contributed by atoms with Crippen molar-refractivity contribution in [3.05, 3.63) is 41.7 Å². The summed E-state index contributed by atoms with van der Waals surface area (Å²) in [7, 11) is 0. The Balaban J connectivity index is 1.41. The van der Waals surface area contributed by atoms with Gasteiger partial charge >= 0.3 is 0 Å². The van der Waals surface area contributed by atoms with Crippen molar-refractivity contribution < 1.29 is 0 Å². The summed E-state index contributed by atoms with van der Waals surface area (Å²) in [6, 6.07) is 3.99. The van der Waals surface area contributed by atoms with Crippen molar-refractivity contribution in [3.8, 4) is 0 Å². The molecule has 8 heteroatoms. The second-order valence-corrected chi connectivity index (χ2v) is 6.12. The summed E-state index contributed by atoms with van der Waals surface area (Å²) in [6.45, 7) is 8.57. The van der Waals surface area contributed by atoms with Crippen LogP contribution >= 0.6 is 0 Å². The van der Waals surface area contributed by atoms with Gasteiger partial charge in [0.05, 0.1) is 11.4 Å². The Hall–Kier alpha value is -2.61. The van der Waals surface area contributed by atoms with Gasteiger partial charge < -0.3 is 4.90 Å². The Labute approximate surface area is 140 Å². The molecule has 1 saturated heterocycles. The molecule has 0 aliphatic carbocycles. The van der Waals surface area contributed by atoms with E-state index < -0.39 is 0 Å². The molecule has 124 valence electrons. The molecule has 1 aliphatic heterocycles. The van der Waals surface area contributed by atoms with Crippen molar-refractivity contribution in [2.24, 2.45) is 0 Å². The lowest BCUT2D eigenvalue weighted by Gasteiger charge is -2.35. The fourth-order valence-corrected chi connectivity index (χ4v) is 2.92. The molecule has 0 amide bonds. The number of piperazine rings is 1. The van der Waals surface area contributed by atoms with Crippen LogP contribution in [-0.4, -0.2) is 60.9 Å². The van der Waals surface area contributed by atoms with Crippen LogP contribution in [0.4, 0.5) is 5.82 Å². The third-order valence-corrected chi connectivity index (χ3v) is 4.32. The monoisotopic (exact) mass is 324 g/mol. The van der Waals surface area contributed by atoms with Crippen molar-refractivity contribution in [3.63, 3.8) is 0 Å². The average Bonchev–Trinajstić information content (AvgIpc) is 2.98. The van der Waals surface area contributed by atoms with Crippen LogP contribution in [0.2, 0.25) is 0 Å². The Morgan fingerprint density at radius 3 is 2.54 bits per heavy atom. The van der Waals surface area contributed by atoms with Crippen molar-refractivity contribution in [1.29, 1.82) is 0 Å². The van der Waals surface area contributed by atoms with E-state index >= 15 is 0 Å². The van der Waals surface area contributed by atoms with Crippen LogP contribution in [0.3, 0.4) is 0 Å². The lowest BCUT2D eigenvalue weighted by molar-refractivity contribution is 0.246. The second-order valence-electron chi connectivity index (χ2n) is 6.12. The predicted octanol–water partition coefficient (Wildman–Crippen LogP) is 0.853. The van der Waals surface area contributed by atoms with E-state index in [4.69, 9.17) is 0 Å². The molecular formula is C16H20N8. The van der Waals surface area contributed by atoms with E-state index in [0.717, 1.165) is 61.4 Å². The first-order valence-corrected chi connectivity index (χ1v) is 8.13. The molecule has 3 aromatic rings. The Bertz CT molecular complexity index is 833. The molecule has 0 saturated carbocycles. The average molecular weight is 324 g/mol. The van der Waals surface area contributed by atoms with Crippen LogP contribution in [-0.2, 0) is 6.54 Å². The molecule has 0 unspecified atom stereocenters. The highest BCUT2D eigenvalue weighted by molar-refractivity contribution is 5.46. The molecule has 8 nitrogen and oxygen atoms in total. The molecule has 0 N–H and O–H groups in total. The molecule has 0 spiro atoms. The molecule has 0 aromatic carbocycles. The van der Waals surface area contributed by atoms with Crippen LogP contribution in [0.1, 0.15) is 17.2 Å². The third kappa shape index (κ3) is 2.92. The number of anilines is 1. The van der Waals surface area contributed by atoms with E-state index in [0.29, 0.717) is 0 Å². The fourth-order valence-electron chi connectivity index (χ4n) is 2.92. The number of hydrogen-bond donors (Lipinski definition) is 0. The maximum atomic E-state index is 4.65. The summed E-state index contributed by atoms with van der Waals surface area (Å²) in [6.07, 6.45) is 3.69. The summed E-state index contributed by atoms with van der Waals surface area (Å²) in [5.41, 5.74) is 2.76. The lowest BCUT2D eigenvalue weighted by Crippen LogP contribution is -2.46. The molecule has 0 bridgehead atoms. The van der Waals surface area contributed by atoms with Crippen LogP contribution in [0.15, 0.2) is 24.5 Å². The van der Waals surface area contributed by atoms with Gasteiger partial charge in [0.1, 0.15) is 5.82 Å². The number of hydrogen-bond acceptors (Lipinski definition) is 7. The smallest absolute Gasteiger partial charge is 0.178 e. The highest BCUT2D eigenvalue weighted by Crippen LogP contribution is 2.15. The number of fused-ring (bicyclic) bond motifs is 1. The van der Waals surface area contributed by atoms with E-state index in [-0.39, 0.29) is 0 Å². The van der Waals surface area contributed by atoms with Crippen LogP contribution in [0.25, 0.3) is 5.65 Å². The summed E-state index contributed by atoms with van der Waals surface area (Å²) in [5.74, 6) is 1.78. The summed E-state index contributed by atoms with van der Waals surface area (Å²) in [4.78, 5) is 13.5. The van der Waals surface area contributed by atoms with E-state index in [1.165, 1.54) is 0 Å². The Kier molecular flexibility index (Phi) is 3.81. The van der Waals surface area contributed by atoms with Crippen molar-refractivity contribution in [2.75, 3.05) is 31.1 Å². The minimum Gasteiger partial charge on any atom is -0.353 e. The molecule has 1 aliphatic rings. The molecule has 0 atom stereocenters. The molecule has 1 fully saturated rings. The summed E-state index contributed by atoms with van der Waals surface area (Å²) >= 11 is 0. The molecule has 3 aromatic heterocycles. The maximum absolute atomic E-state index is 4.65. The van der Waals surface area contributed by atoms with Crippen molar-refractivity contribution in [2.45, 2.75) is 20.4 Å². The third-order valence-electron chi connectivity index (χ3n) is 4.32. The van der Waals surface area contributed by atoms with E-state index in [1.54, 1.807) is 4.52 Å². The van der Waals surface area contributed by atoms with Gasteiger partial charge in [-0.25, -0.2) is 0 Å². The van der Waals surface area contributed by atoms with Gasteiger partial charge in [-0.15, -0.1) is 15.3 Å². The van der Waals surface area contributed by atoms with Gasteiger partial charge in [-0.2, -0.15) is 4.52 Å². The van der Waals surface area contributed by atoms with Gasteiger partial charge in [0, 0.05) is 45.1 Å². The van der Waals surface area contributed by atoms with Crippen LogP contribution in [0.5, 0.6) is 0 Å². The van der Waals surface area contributed by atoms with E-state index in [2.05, 4.69) is 35.1 Å². The largest absolute Gasteiger partial charge is 0.353 e. The van der Waals surface area contributed by atoms with E-state index in [1.807, 2.05) is 38.4 Å². The predicted molar refractivity (Wildman–Crippen MR) is 89.8 cm³/mol. The van der Waals surface area contributed by atoms with Crippen molar-refractivity contribution >= 4 is 11.5 Å². The Morgan fingerprint density at radius 1 is 0.958 bits per heavy atom. The molecule has 4 heterocycles. The van der Waals surface area contributed by atoms with Crippen LogP contribution in [0, 0.1) is 13.8 Å². The SMILES string of the molecule is Cc1cnc(CN2CCN(c3ccc4nnc(C)n4n3)CC2)cn1. The Morgan fingerprint density at radius 2 is 1.79 bits per heavy atom. The van der Waals surface area contributed by atoms with Gasteiger partial charge in [0.25, 0.3) is 0 Å². The van der Waals surface area contributed by atoms with Gasteiger partial charge in [0.2, 0.25) is 0 Å². The minimum absolute atomic E-state index is 0.785. The maximum Gasteiger partial charge on any atom is 0.178 e. The first-order valence-electron chi connectivity index (χ1n) is 8.13. The number of nitrogens with zero attached hydrogens (tertiary/aromatic N) is 8. The van der Waals surface area contributed by atoms with E-state index in [9.17, 15) is 0 Å². The van der Waals surface area contributed by atoms with Crippen LogP contribution < -0.4 is 4.90 Å². The van der Waals surface area contributed by atoms with Gasteiger partial charge in [-0.3, -0.25) is 14.9 Å².